The van der Waals surface area contributed by atoms with Gasteiger partial charge in [-0.3, -0.25) is 4.79 Å². The predicted octanol–water partition coefficient (Wildman–Crippen LogP) is 3.12. The van der Waals surface area contributed by atoms with Crippen molar-refractivity contribution in [2.75, 3.05) is 13.1 Å². The smallest absolute Gasteiger partial charge is 0.270 e. The number of nitrogens with one attached hydrogen (secondary N) is 1. The number of aromatic nitrogens is 2. The Kier molecular flexibility index (Phi) is 7.28. The fraction of sp³-hybridized carbons (Fsp3) is 0.500. The minimum Gasteiger partial charge on any atom is -0.346 e. The number of halogens is 2. The number of rotatable bonds is 2. The highest BCUT2D eigenvalue weighted by molar-refractivity contribution is 7.09. The maximum Gasteiger partial charge on any atom is 0.270 e. The van der Waals surface area contributed by atoms with Gasteiger partial charge >= 0.3 is 0 Å². The highest BCUT2D eigenvalue weighted by Gasteiger charge is 2.27. The van der Waals surface area contributed by atoms with E-state index in [2.05, 4.69) is 24.1 Å². The summed E-state index contributed by atoms with van der Waals surface area (Å²) in [6, 6.07) is 2.61. The number of hydrogen-bond acceptors (Lipinski definition) is 4. The number of aryl methyl sites for hydroxylation is 2. The molecule has 1 fully saturated rings. The summed E-state index contributed by atoms with van der Waals surface area (Å²) in [5.41, 5.74) is 2.67. The molecule has 3 heterocycles. The van der Waals surface area contributed by atoms with Gasteiger partial charge in [0.2, 0.25) is 0 Å². The second kappa shape index (κ2) is 8.34. The van der Waals surface area contributed by atoms with Gasteiger partial charge in [-0.05, 0) is 26.8 Å². The molecule has 0 spiro atoms. The maximum absolute atomic E-state index is 12.8. The van der Waals surface area contributed by atoms with Gasteiger partial charge in [0.15, 0.2) is 0 Å². The molecule has 2 aromatic heterocycles. The lowest BCUT2D eigenvalue weighted by atomic mass is 10.1. The zero-order valence-electron chi connectivity index (χ0n) is 14.3. The van der Waals surface area contributed by atoms with E-state index >= 15 is 0 Å². The second-order valence-corrected chi connectivity index (χ2v) is 7.22. The normalized spacial score (nSPS) is 20.2. The molecule has 1 saturated heterocycles. The van der Waals surface area contributed by atoms with Crippen LogP contribution in [0.1, 0.15) is 29.3 Å². The number of piperazine rings is 1. The highest BCUT2D eigenvalue weighted by atomic mass is 35.5. The average Bonchev–Trinajstić information content (AvgIpc) is 3.03. The first-order chi connectivity index (χ1) is 10.4. The minimum absolute atomic E-state index is 0. The number of carbonyl (C=O) groups excluding carboxylic acids is 1. The Morgan fingerprint density at radius 1 is 1.29 bits per heavy atom. The van der Waals surface area contributed by atoms with Crippen molar-refractivity contribution in [1.82, 2.24) is 19.8 Å². The molecule has 24 heavy (non-hydrogen) atoms. The molecule has 5 nitrogen and oxygen atoms in total. The molecule has 1 amide bonds. The van der Waals surface area contributed by atoms with Gasteiger partial charge in [-0.2, -0.15) is 0 Å². The van der Waals surface area contributed by atoms with E-state index in [1.165, 1.54) is 0 Å². The van der Waals surface area contributed by atoms with E-state index in [4.69, 9.17) is 0 Å². The molecular weight excluding hydrogens is 367 g/mol. The van der Waals surface area contributed by atoms with Crippen LogP contribution >= 0.6 is 36.2 Å². The van der Waals surface area contributed by atoms with Gasteiger partial charge in [0.1, 0.15) is 5.69 Å². The molecule has 0 aliphatic carbocycles. The van der Waals surface area contributed by atoms with E-state index in [1.807, 2.05) is 41.1 Å². The van der Waals surface area contributed by atoms with Crippen molar-refractivity contribution >= 4 is 42.1 Å². The van der Waals surface area contributed by atoms with E-state index in [1.54, 1.807) is 11.3 Å². The molecule has 2 aromatic rings. The largest absolute Gasteiger partial charge is 0.346 e. The van der Waals surface area contributed by atoms with Crippen molar-refractivity contribution in [3.63, 3.8) is 0 Å². The van der Waals surface area contributed by atoms with Crippen LogP contribution in [-0.2, 0) is 7.05 Å². The van der Waals surface area contributed by atoms with Crippen LogP contribution in [0.15, 0.2) is 17.6 Å². The number of hydrogen-bond donors (Lipinski definition) is 1. The molecule has 2 unspecified atom stereocenters. The summed E-state index contributed by atoms with van der Waals surface area (Å²) in [5.74, 6) is 0.0981. The maximum atomic E-state index is 12.8. The lowest BCUT2D eigenvalue weighted by Gasteiger charge is -2.36. The molecule has 3 rings (SSSR count). The molecule has 0 aromatic carbocycles. The van der Waals surface area contributed by atoms with Crippen molar-refractivity contribution in [2.24, 2.45) is 7.05 Å². The SMILES string of the molecule is Cc1nc(-c2cc(C(=O)N3CC(C)NC(C)C3)n(C)c2)cs1.Cl.Cl. The van der Waals surface area contributed by atoms with Crippen molar-refractivity contribution in [3.8, 4) is 11.3 Å². The summed E-state index contributed by atoms with van der Waals surface area (Å²) in [7, 11) is 1.92. The number of thiazole rings is 1. The quantitative estimate of drug-likeness (QED) is 0.856. The molecule has 2 atom stereocenters. The molecule has 8 heteroatoms. The standard InChI is InChI=1S/C16H22N4OS.2ClH/c1-10-6-20(7-11(2)17-10)16(21)15-5-13(8-19(15)4)14-9-22-12(3)18-14;;/h5,8-11,17H,6-7H2,1-4H3;2*1H. The van der Waals surface area contributed by atoms with Gasteiger partial charge < -0.3 is 14.8 Å². The molecule has 1 aliphatic heterocycles. The molecule has 1 aliphatic rings. The predicted molar refractivity (Wildman–Crippen MR) is 104 cm³/mol. The Morgan fingerprint density at radius 2 is 1.92 bits per heavy atom. The molecule has 0 saturated carbocycles. The van der Waals surface area contributed by atoms with E-state index in [-0.39, 0.29) is 30.7 Å². The van der Waals surface area contributed by atoms with Gasteiger partial charge in [0.05, 0.1) is 10.7 Å². The zero-order valence-corrected chi connectivity index (χ0v) is 16.7. The van der Waals surface area contributed by atoms with Crippen LogP contribution in [0.5, 0.6) is 0 Å². The number of nitrogens with zero attached hydrogens (tertiary/aromatic N) is 3. The van der Waals surface area contributed by atoms with Crippen molar-refractivity contribution < 1.29 is 4.79 Å². The lowest BCUT2D eigenvalue weighted by Crippen LogP contribution is -2.56. The van der Waals surface area contributed by atoms with Crippen LogP contribution in [-0.4, -0.2) is 45.5 Å². The monoisotopic (exact) mass is 390 g/mol. The Hall–Kier alpha value is -1.08. The van der Waals surface area contributed by atoms with Crippen LogP contribution < -0.4 is 5.32 Å². The van der Waals surface area contributed by atoms with Crippen LogP contribution in [0.4, 0.5) is 0 Å². The van der Waals surface area contributed by atoms with Gasteiger partial charge in [0.25, 0.3) is 5.91 Å². The van der Waals surface area contributed by atoms with Crippen LogP contribution in [0, 0.1) is 6.92 Å². The summed E-state index contributed by atoms with van der Waals surface area (Å²) in [4.78, 5) is 19.3. The van der Waals surface area contributed by atoms with Crippen molar-refractivity contribution in [2.45, 2.75) is 32.9 Å². The van der Waals surface area contributed by atoms with Crippen LogP contribution in [0.25, 0.3) is 11.3 Å². The third kappa shape index (κ3) is 4.30. The number of amides is 1. The fourth-order valence-electron chi connectivity index (χ4n) is 3.07. The van der Waals surface area contributed by atoms with Crippen molar-refractivity contribution in [1.29, 1.82) is 0 Å². The molecule has 0 radical (unpaired) electrons. The van der Waals surface area contributed by atoms with Crippen LogP contribution in [0.2, 0.25) is 0 Å². The summed E-state index contributed by atoms with van der Waals surface area (Å²) >= 11 is 1.63. The Balaban J connectivity index is 0.00000144. The second-order valence-electron chi connectivity index (χ2n) is 6.16. The molecular formula is C16H24Cl2N4OS. The first-order valence-electron chi connectivity index (χ1n) is 7.58. The Bertz CT molecular complexity index is 690. The van der Waals surface area contributed by atoms with Crippen molar-refractivity contribution in [3.05, 3.63) is 28.3 Å². The van der Waals surface area contributed by atoms with Crippen LogP contribution in [0.3, 0.4) is 0 Å². The molecule has 134 valence electrons. The third-order valence-corrected chi connectivity index (χ3v) is 4.76. The van der Waals surface area contributed by atoms with E-state index in [0.29, 0.717) is 12.1 Å². The van der Waals surface area contributed by atoms with Gasteiger partial charge in [-0.25, -0.2) is 4.98 Å². The number of carbonyl (C=O) groups is 1. The minimum atomic E-state index is 0. The fourth-order valence-corrected chi connectivity index (χ4v) is 3.69. The average molecular weight is 391 g/mol. The topological polar surface area (TPSA) is 50.2 Å². The summed E-state index contributed by atoms with van der Waals surface area (Å²) in [6.07, 6.45) is 1.98. The van der Waals surface area contributed by atoms with E-state index < -0.39 is 0 Å². The Morgan fingerprint density at radius 3 is 2.46 bits per heavy atom. The highest BCUT2D eigenvalue weighted by Crippen LogP contribution is 2.24. The van der Waals surface area contributed by atoms with Gasteiger partial charge in [-0.15, -0.1) is 36.2 Å². The molecule has 0 bridgehead atoms. The zero-order chi connectivity index (χ0) is 15.9. The summed E-state index contributed by atoms with van der Waals surface area (Å²) in [5, 5.41) is 6.53. The lowest BCUT2D eigenvalue weighted by molar-refractivity contribution is 0.0664. The first kappa shape index (κ1) is 21.0. The van der Waals surface area contributed by atoms with E-state index in [9.17, 15) is 4.79 Å². The Labute approximate surface area is 159 Å². The van der Waals surface area contributed by atoms with Gasteiger partial charge in [0, 0.05) is 49.4 Å². The first-order valence-corrected chi connectivity index (χ1v) is 8.46. The molecule has 1 N–H and O–H groups in total. The van der Waals surface area contributed by atoms with E-state index in [0.717, 1.165) is 35.0 Å². The summed E-state index contributed by atoms with van der Waals surface area (Å²) < 4.78 is 1.91. The van der Waals surface area contributed by atoms with Gasteiger partial charge in [-0.1, -0.05) is 0 Å². The third-order valence-electron chi connectivity index (χ3n) is 3.98. The summed E-state index contributed by atoms with van der Waals surface area (Å²) in [6.45, 7) is 7.72.